The van der Waals surface area contributed by atoms with Crippen LogP contribution in [0.2, 0.25) is 0 Å². The van der Waals surface area contributed by atoms with E-state index in [0.717, 1.165) is 36.4 Å². The van der Waals surface area contributed by atoms with Crippen molar-refractivity contribution < 1.29 is 26.7 Å². The van der Waals surface area contributed by atoms with Crippen molar-refractivity contribution in [3.8, 4) is 11.5 Å². The van der Waals surface area contributed by atoms with E-state index in [0.29, 0.717) is 0 Å². The molecule has 0 fully saturated rings. The van der Waals surface area contributed by atoms with Gasteiger partial charge < -0.3 is 4.74 Å². The highest BCUT2D eigenvalue weighted by Crippen LogP contribution is 2.65. The summed E-state index contributed by atoms with van der Waals surface area (Å²) in [6, 6.07) is 5.80. The molecule has 2 aromatic rings. The zero-order valence-electron chi connectivity index (χ0n) is 9.71. The van der Waals surface area contributed by atoms with Gasteiger partial charge in [-0.05, 0) is 24.3 Å². The predicted octanol–water partition coefficient (Wildman–Crippen LogP) is 5.01. The third kappa shape index (κ3) is 2.11. The first-order valence-electron chi connectivity index (χ1n) is 5.50. The number of fused-ring (bicyclic) bond motifs is 2. The van der Waals surface area contributed by atoms with Gasteiger partial charge in [0.2, 0.25) is 0 Å². The van der Waals surface area contributed by atoms with E-state index < -0.39 is 28.0 Å². The van der Waals surface area contributed by atoms with Gasteiger partial charge in [-0.3, -0.25) is 0 Å². The van der Waals surface area contributed by atoms with E-state index in [9.17, 15) is 22.0 Å². The first kappa shape index (κ1) is 13.2. The number of thiol groups is 1. The van der Waals surface area contributed by atoms with Gasteiger partial charge in [0.15, 0.2) is 0 Å². The molecule has 1 aliphatic rings. The molecular weight excluding hydrogens is 299 g/mol. The maximum atomic E-state index is 13.3. The largest absolute Gasteiger partial charge is 0.455 e. The Labute approximate surface area is 113 Å². The maximum absolute atomic E-state index is 13.3. The van der Waals surface area contributed by atoms with Crippen molar-refractivity contribution in [2.75, 3.05) is 0 Å². The number of alkyl halides is 3. The molecule has 0 aromatic heterocycles. The van der Waals surface area contributed by atoms with E-state index in [1.165, 1.54) is 0 Å². The van der Waals surface area contributed by atoms with Crippen LogP contribution in [0.15, 0.2) is 46.2 Å². The number of benzene rings is 2. The monoisotopic (exact) mass is 306 g/mol. The molecule has 2 aromatic carbocycles. The summed E-state index contributed by atoms with van der Waals surface area (Å²) in [7, 11) is -2.73. The second-order valence-electron chi connectivity index (χ2n) is 4.13. The van der Waals surface area contributed by atoms with Crippen molar-refractivity contribution in [3.63, 3.8) is 0 Å². The van der Waals surface area contributed by atoms with Crippen LogP contribution in [0.3, 0.4) is 0 Å². The highest BCUT2D eigenvalue weighted by atomic mass is 32.2. The molecule has 1 heterocycles. The van der Waals surface area contributed by atoms with Crippen LogP contribution in [0.1, 0.15) is 0 Å². The molecule has 20 heavy (non-hydrogen) atoms. The molecule has 0 unspecified atom stereocenters. The Morgan fingerprint density at radius 3 is 1.65 bits per heavy atom. The molecule has 0 saturated carbocycles. The molecule has 0 aliphatic carbocycles. The highest BCUT2D eigenvalue weighted by molar-refractivity contribution is 8.18. The van der Waals surface area contributed by atoms with E-state index in [-0.39, 0.29) is 21.3 Å². The second-order valence-corrected chi connectivity index (χ2v) is 6.27. The summed E-state index contributed by atoms with van der Waals surface area (Å²) in [5.41, 5.74) is -4.52. The number of hydrogen-bond donors (Lipinski definition) is 1. The van der Waals surface area contributed by atoms with Crippen LogP contribution in [-0.4, -0.2) is 5.51 Å². The van der Waals surface area contributed by atoms with Gasteiger partial charge in [-0.1, -0.05) is 10.9 Å². The molecule has 0 bridgehead atoms. The van der Waals surface area contributed by atoms with Gasteiger partial charge in [-0.15, -0.1) is 0 Å². The lowest BCUT2D eigenvalue weighted by molar-refractivity contribution is -0.0359. The van der Waals surface area contributed by atoms with Gasteiger partial charge in [0, 0.05) is 21.9 Å². The van der Waals surface area contributed by atoms with E-state index in [4.69, 9.17) is 4.74 Å². The molecule has 0 saturated heterocycles. The lowest BCUT2D eigenvalue weighted by Gasteiger charge is -2.32. The van der Waals surface area contributed by atoms with Gasteiger partial charge in [-0.2, -0.15) is 13.2 Å². The quantitative estimate of drug-likeness (QED) is 0.532. The van der Waals surface area contributed by atoms with E-state index in [1.54, 1.807) is 0 Å². The second kappa shape index (κ2) is 4.37. The molecule has 1 nitrogen and oxygen atoms in total. The molecule has 7 heteroatoms. The van der Waals surface area contributed by atoms with Crippen molar-refractivity contribution in [1.82, 2.24) is 0 Å². The molecule has 106 valence electrons. The van der Waals surface area contributed by atoms with Crippen LogP contribution >= 0.6 is 10.9 Å². The summed E-state index contributed by atoms with van der Waals surface area (Å²) in [6.07, 6.45) is 0. The summed E-state index contributed by atoms with van der Waals surface area (Å²) in [5, 5.41) is 0. The fraction of sp³-hybridized carbons (Fsp3) is 0.0769. The van der Waals surface area contributed by atoms with Gasteiger partial charge in [-0.25, -0.2) is 8.78 Å². The highest BCUT2D eigenvalue weighted by Gasteiger charge is 2.43. The summed E-state index contributed by atoms with van der Waals surface area (Å²) < 4.78 is 71.3. The molecular formula is C13H7F5OS. The fourth-order valence-corrected chi connectivity index (χ4v) is 3.94. The molecule has 3 rings (SSSR count). The Kier molecular flexibility index (Phi) is 2.89. The van der Waals surface area contributed by atoms with Crippen LogP contribution in [0.5, 0.6) is 11.5 Å². The van der Waals surface area contributed by atoms with E-state index in [1.807, 2.05) is 0 Å². The smallest absolute Gasteiger partial charge is 0.431 e. The minimum Gasteiger partial charge on any atom is -0.455 e. The van der Waals surface area contributed by atoms with E-state index >= 15 is 0 Å². The predicted molar refractivity (Wildman–Crippen MR) is 64.4 cm³/mol. The zero-order valence-corrected chi connectivity index (χ0v) is 10.6. The normalized spacial score (nSPS) is 15.3. The van der Waals surface area contributed by atoms with Crippen LogP contribution in [0.25, 0.3) is 0 Å². The fourth-order valence-electron chi connectivity index (χ4n) is 2.03. The molecule has 0 amide bonds. The van der Waals surface area contributed by atoms with Crippen molar-refractivity contribution >= 4 is 10.9 Å². The van der Waals surface area contributed by atoms with Crippen molar-refractivity contribution in [2.24, 2.45) is 0 Å². The first-order chi connectivity index (χ1) is 9.36. The summed E-state index contributed by atoms with van der Waals surface area (Å²) in [6.45, 7) is 0. The maximum Gasteiger partial charge on any atom is 0.431 e. The SMILES string of the molecule is Fc1ccc2c(c1)Oc1cc(F)ccc1[SH]2C(F)(F)F. The number of hydrogen-bond acceptors (Lipinski definition) is 1. The van der Waals surface area contributed by atoms with Gasteiger partial charge in [0.1, 0.15) is 23.1 Å². The average Bonchev–Trinajstić information content (AvgIpc) is 2.34. The minimum absolute atomic E-state index is 0.118. The zero-order chi connectivity index (χ0) is 14.5. The average molecular weight is 306 g/mol. The summed E-state index contributed by atoms with van der Waals surface area (Å²) >= 11 is 0. The molecule has 0 spiro atoms. The molecule has 1 aliphatic heterocycles. The van der Waals surface area contributed by atoms with Gasteiger partial charge >= 0.3 is 5.51 Å². The Morgan fingerprint density at radius 1 is 0.800 bits per heavy atom. The van der Waals surface area contributed by atoms with Crippen LogP contribution in [0.4, 0.5) is 22.0 Å². The molecule has 0 N–H and O–H groups in total. The van der Waals surface area contributed by atoms with Crippen molar-refractivity contribution in [2.45, 2.75) is 15.3 Å². The Morgan fingerprint density at radius 2 is 1.25 bits per heavy atom. The van der Waals surface area contributed by atoms with Crippen LogP contribution < -0.4 is 4.74 Å². The van der Waals surface area contributed by atoms with Crippen LogP contribution in [-0.2, 0) is 0 Å². The van der Waals surface area contributed by atoms with Gasteiger partial charge in [0.25, 0.3) is 0 Å². The number of halogens is 5. The number of ether oxygens (including phenoxy) is 1. The van der Waals surface area contributed by atoms with Crippen LogP contribution in [0, 0.1) is 11.6 Å². The third-order valence-electron chi connectivity index (χ3n) is 2.80. The minimum atomic E-state index is -4.52. The van der Waals surface area contributed by atoms with Gasteiger partial charge in [0.05, 0.1) is 0 Å². The molecule has 0 radical (unpaired) electrons. The Bertz CT molecular complexity index is 631. The van der Waals surface area contributed by atoms with Crippen molar-refractivity contribution in [1.29, 1.82) is 0 Å². The number of rotatable bonds is 0. The Balaban J connectivity index is 2.24. The lowest BCUT2D eigenvalue weighted by atomic mass is 10.3. The van der Waals surface area contributed by atoms with Crippen molar-refractivity contribution in [3.05, 3.63) is 48.0 Å². The summed E-state index contributed by atoms with van der Waals surface area (Å²) in [5.74, 6) is -1.85. The standard InChI is InChI=1S/C13H7F5OS/c14-7-1-3-11-9(5-7)19-10-6-8(15)2-4-12(10)20(11)13(16,17)18/h1-6,20H. The van der Waals surface area contributed by atoms with E-state index in [2.05, 4.69) is 0 Å². The molecule has 0 atom stereocenters. The third-order valence-corrected chi connectivity index (χ3v) is 5.01. The first-order valence-corrected chi connectivity index (χ1v) is 6.84. The summed E-state index contributed by atoms with van der Waals surface area (Å²) in [4.78, 5) is -0.235. The lowest BCUT2D eigenvalue weighted by Crippen LogP contribution is -2.14. The Hall–Kier alpha value is -1.76. The topological polar surface area (TPSA) is 9.23 Å².